The van der Waals surface area contributed by atoms with Crippen molar-refractivity contribution >= 4 is 0 Å². The lowest BCUT2D eigenvalue weighted by molar-refractivity contribution is 0.0799. The van der Waals surface area contributed by atoms with Crippen LogP contribution in [0.4, 0.5) is 0 Å². The third-order valence-electron chi connectivity index (χ3n) is 5.64. The normalized spacial score (nSPS) is 34.8. The van der Waals surface area contributed by atoms with Gasteiger partial charge in [0.2, 0.25) is 0 Å². The largest absolute Gasteiger partial charge is 0.377 e. The van der Waals surface area contributed by atoms with E-state index in [9.17, 15) is 0 Å². The maximum atomic E-state index is 5.74. The molecular formula is C20H34O. The molecule has 2 aliphatic rings. The minimum atomic E-state index is 0.797. The van der Waals surface area contributed by atoms with Crippen LogP contribution in [-0.2, 0) is 4.74 Å². The molecule has 2 fully saturated rings. The summed E-state index contributed by atoms with van der Waals surface area (Å²) in [6.45, 7) is 5.99. The average Bonchev–Trinajstić information content (AvgIpc) is 2.53. The fourth-order valence-corrected chi connectivity index (χ4v) is 4.31. The Kier molecular flexibility index (Phi) is 7.57. The van der Waals surface area contributed by atoms with Crippen LogP contribution in [0, 0.1) is 23.7 Å². The van der Waals surface area contributed by atoms with Gasteiger partial charge in [0.25, 0.3) is 0 Å². The van der Waals surface area contributed by atoms with Crippen LogP contribution in [0.15, 0.2) is 24.3 Å². The van der Waals surface area contributed by atoms with Crippen LogP contribution >= 0.6 is 0 Å². The van der Waals surface area contributed by atoms with Gasteiger partial charge in [0, 0.05) is 6.61 Å². The SMILES string of the molecule is CC=CCOCC1CCC(C2CCC(C=CC)CC2)CC1. The molecule has 1 heteroatoms. The summed E-state index contributed by atoms with van der Waals surface area (Å²) in [5, 5.41) is 0. The van der Waals surface area contributed by atoms with Crippen molar-refractivity contribution in [1.29, 1.82) is 0 Å². The van der Waals surface area contributed by atoms with Crippen molar-refractivity contribution in [2.75, 3.05) is 13.2 Å². The summed E-state index contributed by atoms with van der Waals surface area (Å²) in [6.07, 6.45) is 20.4. The molecule has 0 radical (unpaired) electrons. The quantitative estimate of drug-likeness (QED) is 0.446. The van der Waals surface area contributed by atoms with Gasteiger partial charge in [-0.2, -0.15) is 0 Å². The fraction of sp³-hybridized carbons (Fsp3) is 0.800. The molecule has 0 atom stereocenters. The number of ether oxygens (including phenoxy) is 1. The molecule has 0 saturated heterocycles. The molecule has 2 aliphatic carbocycles. The van der Waals surface area contributed by atoms with Crippen molar-refractivity contribution in [3.05, 3.63) is 24.3 Å². The van der Waals surface area contributed by atoms with Crippen LogP contribution in [0.3, 0.4) is 0 Å². The lowest BCUT2D eigenvalue weighted by Gasteiger charge is -2.37. The summed E-state index contributed by atoms with van der Waals surface area (Å²) in [6, 6.07) is 0. The zero-order chi connectivity index (χ0) is 14.9. The number of hydrogen-bond donors (Lipinski definition) is 0. The molecule has 21 heavy (non-hydrogen) atoms. The van der Waals surface area contributed by atoms with E-state index in [4.69, 9.17) is 4.74 Å². The third-order valence-corrected chi connectivity index (χ3v) is 5.64. The van der Waals surface area contributed by atoms with Crippen LogP contribution in [0.25, 0.3) is 0 Å². The van der Waals surface area contributed by atoms with Gasteiger partial charge in [0.05, 0.1) is 6.61 Å². The van der Waals surface area contributed by atoms with Gasteiger partial charge in [0.1, 0.15) is 0 Å². The summed E-state index contributed by atoms with van der Waals surface area (Å²) in [7, 11) is 0. The van der Waals surface area contributed by atoms with Crippen LogP contribution in [0.5, 0.6) is 0 Å². The second-order valence-electron chi connectivity index (χ2n) is 7.09. The monoisotopic (exact) mass is 290 g/mol. The second kappa shape index (κ2) is 9.46. The highest BCUT2D eigenvalue weighted by Crippen LogP contribution is 2.41. The highest BCUT2D eigenvalue weighted by molar-refractivity contribution is 4.90. The summed E-state index contributed by atoms with van der Waals surface area (Å²) in [5.41, 5.74) is 0. The van der Waals surface area contributed by atoms with Gasteiger partial charge in [-0.15, -0.1) is 0 Å². The van der Waals surface area contributed by atoms with E-state index < -0.39 is 0 Å². The lowest BCUT2D eigenvalue weighted by atomic mass is 9.69. The Morgan fingerprint density at radius 2 is 1.43 bits per heavy atom. The molecule has 0 aromatic rings. The Morgan fingerprint density at radius 3 is 2.00 bits per heavy atom. The van der Waals surface area contributed by atoms with Gasteiger partial charge in [-0.1, -0.05) is 24.3 Å². The summed E-state index contributed by atoms with van der Waals surface area (Å²) in [5.74, 6) is 3.74. The molecule has 0 aromatic carbocycles. The predicted octanol–water partition coefficient (Wildman–Crippen LogP) is 5.77. The van der Waals surface area contributed by atoms with E-state index in [-0.39, 0.29) is 0 Å². The Morgan fingerprint density at radius 1 is 0.810 bits per heavy atom. The van der Waals surface area contributed by atoms with Gasteiger partial charge in [-0.3, -0.25) is 0 Å². The van der Waals surface area contributed by atoms with Crippen LogP contribution < -0.4 is 0 Å². The summed E-state index contributed by atoms with van der Waals surface area (Å²) >= 11 is 0. The number of allylic oxidation sites excluding steroid dienone is 3. The first-order valence-corrected chi connectivity index (χ1v) is 9.15. The van der Waals surface area contributed by atoms with Crippen molar-refractivity contribution in [2.24, 2.45) is 23.7 Å². The molecule has 0 bridgehead atoms. The first-order valence-electron chi connectivity index (χ1n) is 9.15. The van der Waals surface area contributed by atoms with Crippen LogP contribution in [0.2, 0.25) is 0 Å². The van der Waals surface area contributed by atoms with E-state index >= 15 is 0 Å². The molecule has 0 aromatic heterocycles. The first kappa shape index (κ1) is 16.8. The smallest absolute Gasteiger partial charge is 0.0647 e. The Labute approximate surface area is 131 Å². The molecule has 2 rings (SSSR count). The number of hydrogen-bond acceptors (Lipinski definition) is 1. The Hall–Kier alpha value is -0.560. The minimum Gasteiger partial charge on any atom is -0.377 e. The van der Waals surface area contributed by atoms with E-state index in [1.165, 1.54) is 51.4 Å². The highest BCUT2D eigenvalue weighted by atomic mass is 16.5. The topological polar surface area (TPSA) is 9.23 Å². The van der Waals surface area contributed by atoms with Crippen LogP contribution in [0.1, 0.15) is 65.2 Å². The molecular weight excluding hydrogens is 256 g/mol. The predicted molar refractivity (Wildman–Crippen MR) is 91.3 cm³/mol. The highest BCUT2D eigenvalue weighted by Gasteiger charge is 2.30. The van der Waals surface area contributed by atoms with Gasteiger partial charge < -0.3 is 4.74 Å². The maximum absolute atomic E-state index is 5.74. The van der Waals surface area contributed by atoms with Gasteiger partial charge in [0.15, 0.2) is 0 Å². The number of rotatable bonds is 6. The third kappa shape index (κ3) is 5.62. The molecule has 0 amide bonds. The van der Waals surface area contributed by atoms with Crippen molar-refractivity contribution < 1.29 is 4.74 Å². The van der Waals surface area contributed by atoms with Gasteiger partial charge in [-0.25, -0.2) is 0 Å². The van der Waals surface area contributed by atoms with Crippen LogP contribution in [-0.4, -0.2) is 13.2 Å². The molecule has 1 nitrogen and oxygen atoms in total. The van der Waals surface area contributed by atoms with Gasteiger partial charge >= 0.3 is 0 Å². The van der Waals surface area contributed by atoms with Gasteiger partial charge in [-0.05, 0) is 88.9 Å². The summed E-state index contributed by atoms with van der Waals surface area (Å²) < 4.78 is 5.74. The second-order valence-corrected chi connectivity index (χ2v) is 7.09. The average molecular weight is 290 g/mol. The van der Waals surface area contributed by atoms with Crippen molar-refractivity contribution in [1.82, 2.24) is 0 Å². The van der Waals surface area contributed by atoms with E-state index in [0.717, 1.165) is 36.9 Å². The lowest BCUT2D eigenvalue weighted by Crippen LogP contribution is -2.26. The molecule has 120 valence electrons. The minimum absolute atomic E-state index is 0.797. The van der Waals surface area contributed by atoms with Crippen molar-refractivity contribution in [2.45, 2.75) is 65.2 Å². The van der Waals surface area contributed by atoms with E-state index in [1.807, 2.05) is 0 Å². The van der Waals surface area contributed by atoms with E-state index in [0.29, 0.717) is 0 Å². The molecule has 0 aliphatic heterocycles. The molecule has 0 unspecified atom stereocenters. The van der Waals surface area contributed by atoms with Crippen molar-refractivity contribution in [3.8, 4) is 0 Å². The molecule has 0 spiro atoms. The Bertz CT molecular complexity index is 315. The Balaban J connectivity index is 1.63. The molecule has 0 heterocycles. The fourth-order valence-electron chi connectivity index (χ4n) is 4.31. The summed E-state index contributed by atoms with van der Waals surface area (Å²) in [4.78, 5) is 0. The first-order chi connectivity index (χ1) is 10.3. The molecule has 2 saturated carbocycles. The zero-order valence-electron chi connectivity index (χ0n) is 14.1. The standard InChI is InChI=1S/C20H34O/c1-3-5-15-21-16-18-9-13-20(14-10-18)19-11-7-17(6-4-2)8-12-19/h3-6,17-20H,7-16H2,1-2H3. The molecule has 0 N–H and O–H groups in total. The van der Waals surface area contributed by atoms with Crippen molar-refractivity contribution in [3.63, 3.8) is 0 Å². The zero-order valence-corrected chi connectivity index (χ0v) is 14.1. The van der Waals surface area contributed by atoms with E-state index in [2.05, 4.69) is 38.2 Å². The van der Waals surface area contributed by atoms with E-state index in [1.54, 1.807) is 0 Å². The maximum Gasteiger partial charge on any atom is 0.0647 e.